The normalized spacial score (nSPS) is 21.2. The Hall–Kier alpha value is -2.21. The van der Waals surface area contributed by atoms with Gasteiger partial charge in [0.05, 0.1) is 12.7 Å². The fourth-order valence-corrected chi connectivity index (χ4v) is 5.08. The molecule has 1 aliphatic rings. The third-order valence-electron chi connectivity index (χ3n) is 6.70. The second kappa shape index (κ2) is 11.3. The Bertz CT molecular complexity index is 906. The van der Waals surface area contributed by atoms with Gasteiger partial charge in [0.1, 0.15) is 6.10 Å². The van der Waals surface area contributed by atoms with Crippen molar-refractivity contribution in [3.05, 3.63) is 83.9 Å². The lowest BCUT2D eigenvalue weighted by Gasteiger charge is -2.40. The minimum absolute atomic E-state index is 0.0253. The van der Waals surface area contributed by atoms with Crippen LogP contribution in [-0.4, -0.2) is 37.9 Å². The molecule has 2 aromatic rings. The summed E-state index contributed by atoms with van der Waals surface area (Å²) in [7, 11) is -1.97. The van der Waals surface area contributed by atoms with Crippen LogP contribution in [0, 0.1) is 0 Å². The third kappa shape index (κ3) is 7.39. The molecule has 0 unspecified atom stereocenters. The van der Waals surface area contributed by atoms with Gasteiger partial charge in [0.25, 0.3) is 5.91 Å². The van der Waals surface area contributed by atoms with E-state index in [9.17, 15) is 4.79 Å². The van der Waals surface area contributed by atoms with Gasteiger partial charge in [0.15, 0.2) is 8.32 Å². The number of rotatable bonds is 7. The minimum atomic E-state index is -1.97. The van der Waals surface area contributed by atoms with Crippen LogP contribution >= 0.6 is 0 Å². The van der Waals surface area contributed by atoms with Crippen LogP contribution in [0.2, 0.25) is 18.1 Å². The number of benzene rings is 2. The van der Waals surface area contributed by atoms with Gasteiger partial charge in [0.2, 0.25) is 0 Å². The molecule has 5 heteroatoms. The zero-order valence-electron chi connectivity index (χ0n) is 20.8. The largest absolute Gasteiger partial charge is 0.412 e. The van der Waals surface area contributed by atoms with E-state index in [4.69, 9.17) is 9.16 Å². The van der Waals surface area contributed by atoms with Crippen molar-refractivity contribution in [3.63, 3.8) is 0 Å². The van der Waals surface area contributed by atoms with Gasteiger partial charge in [-0.1, -0.05) is 93.6 Å². The van der Waals surface area contributed by atoms with Crippen molar-refractivity contribution in [1.82, 2.24) is 4.90 Å². The van der Waals surface area contributed by atoms with Crippen LogP contribution in [0.4, 0.5) is 0 Å². The number of nitrogens with zero attached hydrogens (tertiary/aromatic N) is 1. The smallest absolute Gasteiger partial charge is 0.252 e. The van der Waals surface area contributed by atoms with E-state index in [1.54, 1.807) is 0 Å². The molecule has 0 saturated heterocycles. The van der Waals surface area contributed by atoms with Crippen LogP contribution in [0.5, 0.6) is 0 Å². The van der Waals surface area contributed by atoms with Gasteiger partial charge < -0.3 is 14.1 Å². The highest BCUT2D eigenvalue weighted by Gasteiger charge is 2.40. The van der Waals surface area contributed by atoms with E-state index in [1.807, 2.05) is 53.4 Å². The van der Waals surface area contributed by atoms with Crippen LogP contribution in [0.1, 0.15) is 44.7 Å². The van der Waals surface area contributed by atoms with Gasteiger partial charge in [-0.25, -0.2) is 0 Å². The predicted molar refractivity (Wildman–Crippen MR) is 137 cm³/mol. The highest BCUT2D eigenvalue weighted by Crippen LogP contribution is 2.38. The lowest BCUT2D eigenvalue weighted by molar-refractivity contribution is -0.146. The zero-order valence-corrected chi connectivity index (χ0v) is 21.8. The fourth-order valence-electron chi connectivity index (χ4n) is 3.72. The SMILES string of the molecule is CC(C)(C)[Si](C)(C)O[C@@H]1C/C=C/C[C@H](OCc2ccccc2)C(=O)N(Cc2ccccc2)C1. The fraction of sp³-hybridized carbons (Fsp3) is 0.464. The topological polar surface area (TPSA) is 38.8 Å². The maximum atomic E-state index is 13.7. The lowest BCUT2D eigenvalue weighted by Crippen LogP contribution is -2.49. The lowest BCUT2D eigenvalue weighted by atomic mass is 10.1. The molecule has 0 radical (unpaired) electrons. The Kier molecular flexibility index (Phi) is 8.68. The highest BCUT2D eigenvalue weighted by molar-refractivity contribution is 6.74. The standard InChI is InChI=1S/C28H39NO3Si/c1-28(2,3)33(4,5)32-25-18-12-13-19-26(31-22-24-16-10-7-11-17-24)27(30)29(21-25)20-23-14-8-6-9-15-23/h6-17,25-26H,18-22H2,1-5H3/b13-12+/t25-,26+/m1/s1. The van der Waals surface area contributed by atoms with E-state index >= 15 is 0 Å². The molecule has 0 spiro atoms. The number of hydrogen-bond donors (Lipinski definition) is 0. The average molecular weight is 466 g/mol. The molecule has 1 amide bonds. The van der Waals surface area contributed by atoms with E-state index in [1.165, 1.54) is 0 Å². The Morgan fingerprint density at radius 2 is 1.48 bits per heavy atom. The van der Waals surface area contributed by atoms with Crippen molar-refractivity contribution in [1.29, 1.82) is 0 Å². The first kappa shape index (κ1) is 25.4. The van der Waals surface area contributed by atoms with Crippen molar-refractivity contribution in [2.45, 2.75) is 77.1 Å². The summed E-state index contributed by atoms with van der Waals surface area (Å²) in [4.78, 5) is 15.6. The van der Waals surface area contributed by atoms with E-state index in [2.05, 4.69) is 58.2 Å². The van der Waals surface area contributed by atoms with Gasteiger partial charge in [-0.2, -0.15) is 0 Å². The maximum Gasteiger partial charge on any atom is 0.252 e. The molecule has 1 heterocycles. The van der Waals surface area contributed by atoms with E-state index in [0.717, 1.165) is 17.5 Å². The van der Waals surface area contributed by atoms with Gasteiger partial charge in [0, 0.05) is 19.5 Å². The van der Waals surface area contributed by atoms with E-state index < -0.39 is 14.4 Å². The second-order valence-electron chi connectivity index (χ2n) is 10.4. The molecule has 0 aromatic heterocycles. The summed E-state index contributed by atoms with van der Waals surface area (Å²) in [5, 5.41) is 0.116. The zero-order chi connectivity index (χ0) is 23.9. The van der Waals surface area contributed by atoms with Crippen LogP contribution in [0.3, 0.4) is 0 Å². The van der Waals surface area contributed by atoms with Crippen LogP contribution in [-0.2, 0) is 27.1 Å². The first-order valence-electron chi connectivity index (χ1n) is 12.0. The molecule has 0 aliphatic carbocycles. The number of ether oxygens (including phenoxy) is 1. The number of carbonyl (C=O) groups is 1. The number of amides is 1. The molecule has 0 saturated carbocycles. The average Bonchev–Trinajstić information content (AvgIpc) is 2.83. The van der Waals surface area contributed by atoms with Crippen LogP contribution in [0.15, 0.2) is 72.8 Å². The molecule has 1 aliphatic heterocycles. The molecule has 0 bridgehead atoms. The van der Waals surface area contributed by atoms with Gasteiger partial charge >= 0.3 is 0 Å². The van der Waals surface area contributed by atoms with Crippen molar-refractivity contribution >= 4 is 14.2 Å². The summed E-state index contributed by atoms with van der Waals surface area (Å²) in [6, 6.07) is 20.2. The third-order valence-corrected chi connectivity index (χ3v) is 11.2. The van der Waals surface area contributed by atoms with Gasteiger partial charge in [-0.15, -0.1) is 0 Å². The molecule has 0 fully saturated rings. The number of hydrogen-bond acceptors (Lipinski definition) is 3. The van der Waals surface area contributed by atoms with Crippen molar-refractivity contribution in [2.75, 3.05) is 6.54 Å². The molecule has 178 valence electrons. The molecule has 2 aromatic carbocycles. The first-order valence-corrected chi connectivity index (χ1v) is 14.9. The van der Waals surface area contributed by atoms with Gasteiger partial charge in [-0.05, 0) is 35.7 Å². The summed E-state index contributed by atoms with van der Waals surface area (Å²) in [6.07, 6.45) is 5.09. The minimum Gasteiger partial charge on any atom is -0.412 e. The quantitative estimate of drug-likeness (QED) is 0.354. The highest BCUT2D eigenvalue weighted by atomic mass is 28.4. The summed E-state index contributed by atoms with van der Waals surface area (Å²) in [6.45, 7) is 12.9. The molecular weight excluding hydrogens is 426 g/mol. The molecule has 33 heavy (non-hydrogen) atoms. The first-order chi connectivity index (χ1) is 15.7. The summed E-state index contributed by atoms with van der Waals surface area (Å²) in [5.74, 6) is 0.0326. The molecule has 0 N–H and O–H groups in total. The molecule has 3 rings (SSSR count). The Labute approximate surface area is 200 Å². The van der Waals surface area contributed by atoms with Crippen LogP contribution in [0.25, 0.3) is 0 Å². The van der Waals surface area contributed by atoms with Gasteiger partial charge in [-0.3, -0.25) is 4.79 Å². The van der Waals surface area contributed by atoms with E-state index in [0.29, 0.717) is 26.1 Å². The monoisotopic (exact) mass is 465 g/mol. The summed E-state index contributed by atoms with van der Waals surface area (Å²) >= 11 is 0. The van der Waals surface area contributed by atoms with E-state index in [-0.39, 0.29) is 17.0 Å². The summed E-state index contributed by atoms with van der Waals surface area (Å²) in [5.41, 5.74) is 2.19. The molecule has 2 atom stereocenters. The van der Waals surface area contributed by atoms with Crippen LogP contribution < -0.4 is 0 Å². The Morgan fingerprint density at radius 3 is 2.09 bits per heavy atom. The Balaban J connectivity index is 1.80. The molecular formula is C28H39NO3Si. The predicted octanol–water partition coefficient (Wildman–Crippen LogP) is 6.34. The molecule has 4 nitrogen and oxygen atoms in total. The second-order valence-corrected chi connectivity index (χ2v) is 15.2. The maximum absolute atomic E-state index is 13.7. The van der Waals surface area contributed by atoms with Crippen molar-refractivity contribution < 1.29 is 14.0 Å². The summed E-state index contributed by atoms with van der Waals surface area (Å²) < 4.78 is 12.9. The van der Waals surface area contributed by atoms with Crippen molar-refractivity contribution in [2.24, 2.45) is 0 Å². The Morgan fingerprint density at radius 1 is 0.909 bits per heavy atom. The van der Waals surface area contributed by atoms with Crippen molar-refractivity contribution in [3.8, 4) is 0 Å². The number of carbonyl (C=O) groups excluding carboxylic acids is 1.